The first-order valence-corrected chi connectivity index (χ1v) is 11.0. The number of aromatic nitrogens is 2. The number of sulfonamides is 1. The maximum atomic E-state index is 12.8. The maximum absolute atomic E-state index is 12.8. The first-order valence-electron chi connectivity index (χ1n) is 8.74. The lowest BCUT2D eigenvalue weighted by atomic mass is 10.2. The Hall–Kier alpha value is -1.84. The van der Waals surface area contributed by atoms with E-state index >= 15 is 0 Å². The number of benzene rings is 1. The number of hydrogen-bond donors (Lipinski definition) is 1. The van der Waals surface area contributed by atoms with Gasteiger partial charge in [-0.2, -0.15) is 4.31 Å². The molecule has 1 fully saturated rings. The van der Waals surface area contributed by atoms with Crippen molar-refractivity contribution in [1.82, 2.24) is 14.5 Å². The van der Waals surface area contributed by atoms with Gasteiger partial charge >= 0.3 is 0 Å². The van der Waals surface area contributed by atoms with Crippen molar-refractivity contribution < 1.29 is 13.2 Å². The highest BCUT2D eigenvalue weighted by Gasteiger charge is 2.26. The van der Waals surface area contributed by atoms with Gasteiger partial charge in [0.05, 0.1) is 4.90 Å². The van der Waals surface area contributed by atoms with Gasteiger partial charge in [0, 0.05) is 25.1 Å². The molecule has 0 radical (unpaired) electrons. The van der Waals surface area contributed by atoms with Gasteiger partial charge in [0.1, 0.15) is 5.01 Å². The van der Waals surface area contributed by atoms with E-state index in [1.54, 1.807) is 12.1 Å². The molecule has 1 saturated heterocycles. The second-order valence-corrected chi connectivity index (χ2v) is 9.20. The summed E-state index contributed by atoms with van der Waals surface area (Å²) in [4.78, 5) is 12.6. The standard InChI is InChI=1S/C17H22N4O3S2/c1-2-7-15-19-20-17(25-15)18-16(22)13-8-6-9-14(12-13)26(23,24)21-10-4-3-5-11-21/h6,8-9,12H,2-5,7,10-11H2,1H3,(H,18,20,22). The minimum absolute atomic E-state index is 0.149. The molecule has 3 rings (SSSR count). The molecule has 140 valence electrons. The molecule has 1 aromatic carbocycles. The van der Waals surface area contributed by atoms with Gasteiger partial charge < -0.3 is 0 Å². The molecule has 0 saturated carbocycles. The molecule has 1 aliphatic rings. The molecule has 0 unspecified atom stereocenters. The Labute approximate surface area is 157 Å². The summed E-state index contributed by atoms with van der Waals surface area (Å²) in [5, 5.41) is 12.0. The topological polar surface area (TPSA) is 92.3 Å². The predicted molar refractivity (Wildman–Crippen MR) is 101 cm³/mol. The van der Waals surface area contributed by atoms with Gasteiger partial charge in [-0.25, -0.2) is 8.42 Å². The van der Waals surface area contributed by atoms with Crippen LogP contribution in [-0.2, 0) is 16.4 Å². The van der Waals surface area contributed by atoms with Crippen molar-refractivity contribution in [3.8, 4) is 0 Å². The molecule has 7 nitrogen and oxygen atoms in total. The largest absolute Gasteiger partial charge is 0.296 e. The number of carbonyl (C=O) groups excluding carboxylic acids is 1. The smallest absolute Gasteiger partial charge is 0.257 e. The molecule has 0 bridgehead atoms. The van der Waals surface area contributed by atoms with E-state index in [0.717, 1.165) is 37.1 Å². The molecular formula is C17H22N4O3S2. The summed E-state index contributed by atoms with van der Waals surface area (Å²) in [7, 11) is -3.57. The van der Waals surface area contributed by atoms with Crippen LogP contribution in [0.3, 0.4) is 0 Å². The third-order valence-corrected chi connectivity index (χ3v) is 6.99. The normalized spacial score (nSPS) is 15.7. The third-order valence-electron chi connectivity index (χ3n) is 4.20. The molecule has 1 aliphatic heterocycles. The highest BCUT2D eigenvalue weighted by Crippen LogP contribution is 2.22. The van der Waals surface area contributed by atoms with Crippen LogP contribution in [0.5, 0.6) is 0 Å². The zero-order valence-electron chi connectivity index (χ0n) is 14.6. The van der Waals surface area contributed by atoms with Gasteiger partial charge in [0.15, 0.2) is 0 Å². The summed E-state index contributed by atoms with van der Waals surface area (Å²) >= 11 is 1.33. The quantitative estimate of drug-likeness (QED) is 0.813. The lowest BCUT2D eigenvalue weighted by Gasteiger charge is -2.26. The first-order chi connectivity index (χ1) is 12.5. The van der Waals surface area contributed by atoms with E-state index in [2.05, 4.69) is 15.5 Å². The molecule has 26 heavy (non-hydrogen) atoms. The van der Waals surface area contributed by atoms with Crippen LogP contribution in [0.4, 0.5) is 5.13 Å². The lowest BCUT2D eigenvalue weighted by Crippen LogP contribution is -2.35. The number of rotatable bonds is 6. The first kappa shape index (κ1) is 18.9. The number of nitrogens with zero attached hydrogens (tertiary/aromatic N) is 3. The minimum Gasteiger partial charge on any atom is -0.296 e. The van der Waals surface area contributed by atoms with Crippen molar-refractivity contribution in [2.45, 2.75) is 43.9 Å². The number of piperidine rings is 1. The number of nitrogens with one attached hydrogen (secondary N) is 1. The van der Waals surface area contributed by atoms with Crippen molar-refractivity contribution in [3.05, 3.63) is 34.8 Å². The number of hydrogen-bond acceptors (Lipinski definition) is 6. The predicted octanol–water partition coefficient (Wildman–Crippen LogP) is 2.92. The fourth-order valence-electron chi connectivity index (χ4n) is 2.84. The van der Waals surface area contributed by atoms with E-state index in [1.165, 1.54) is 27.8 Å². The van der Waals surface area contributed by atoms with Crippen LogP contribution in [0.15, 0.2) is 29.2 Å². The second-order valence-electron chi connectivity index (χ2n) is 6.20. The maximum Gasteiger partial charge on any atom is 0.257 e. The SMILES string of the molecule is CCCc1nnc(NC(=O)c2cccc(S(=O)(=O)N3CCCCC3)c2)s1. The van der Waals surface area contributed by atoms with Crippen LogP contribution in [0, 0.1) is 0 Å². The lowest BCUT2D eigenvalue weighted by molar-refractivity contribution is 0.102. The Morgan fingerprint density at radius 2 is 2.00 bits per heavy atom. The van der Waals surface area contributed by atoms with Crippen LogP contribution in [0.25, 0.3) is 0 Å². The second kappa shape index (κ2) is 8.24. The molecule has 1 N–H and O–H groups in total. The summed E-state index contributed by atoms with van der Waals surface area (Å²) in [5.74, 6) is -0.389. The summed E-state index contributed by atoms with van der Waals surface area (Å²) in [5.41, 5.74) is 0.287. The Morgan fingerprint density at radius 3 is 2.73 bits per heavy atom. The van der Waals surface area contributed by atoms with Gasteiger partial charge in [-0.15, -0.1) is 10.2 Å². The molecule has 2 aromatic rings. The van der Waals surface area contributed by atoms with Crippen molar-refractivity contribution in [2.24, 2.45) is 0 Å². The van der Waals surface area contributed by atoms with Crippen molar-refractivity contribution >= 4 is 32.4 Å². The Morgan fingerprint density at radius 1 is 1.23 bits per heavy atom. The van der Waals surface area contributed by atoms with Gasteiger partial charge in [-0.1, -0.05) is 30.7 Å². The average molecular weight is 395 g/mol. The molecule has 9 heteroatoms. The number of aryl methyl sites for hydroxylation is 1. The third kappa shape index (κ3) is 4.28. The highest BCUT2D eigenvalue weighted by atomic mass is 32.2. The molecule has 1 amide bonds. The van der Waals surface area contributed by atoms with Gasteiger partial charge in [-0.05, 0) is 37.5 Å². The van der Waals surface area contributed by atoms with Crippen LogP contribution in [0.1, 0.15) is 48.0 Å². The van der Waals surface area contributed by atoms with E-state index < -0.39 is 10.0 Å². The molecule has 0 aliphatic carbocycles. The van der Waals surface area contributed by atoms with E-state index in [4.69, 9.17) is 0 Å². The van der Waals surface area contributed by atoms with Gasteiger partial charge in [0.2, 0.25) is 15.2 Å². The summed E-state index contributed by atoms with van der Waals surface area (Å²) in [6, 6.07) is 6.14. The van der Waals surface area contributed by atoms with Crippen molar-refractivity contribution in [1.29, 1.82) is 0 Å². The molecular weight excluding hydrogens is 372 g/mol. The Bertz CT molecular complexity index is 874. The summed E-state index contributed by atoms with van der Waals surface area (Å²) in [6.07, 6.45) is 4.57. The molecule has 0 spiro atoms. The monoisotopic (exact) mass is 394 g/mol. The van der Waals surface area contributed by atoms with Gasteiger partial charge in [-0.3, -0.25) is 10.1 Å². The van der Waals surface area contributed by atoms with Crippen LogP contribution in [0.2, 0.25) is 0 Å². The summed E-state index contributed by atoms with van der Waals surface area (Å²) in [6.45, 7) is 3.11. The molecule has 1 aromatic heterocycles. The molecule has 2 heterocycles. The Balaban J connectivity index is 1.76. The van der Waals surface area contributed by atoms with E-state index in [1.807, 2.05) is 6.92 Å². The number of carbonyl (C=O) groups is 1. The zero-order valence-corrected chi connectivity index (χ0v) is 16.3. The van der Waals surface area contributed by atoms with E-state index in [9.17, 15) is 13.2 Å². The van der Waals surface area contributed by atoms with Gasteiger partial charge in [0.25, 0.3) is 5.91 Å². The fourth-order valence-corrected chi connectivity index (χ4v) is 5.24. The highest BCUT2D eigenvalue weighted by molar-refractivity contribution is 7.89. The van der Waals surface area contributed by atoms with E-state index in [0.29, 0.717) is 18.2 Å². The fraction of sp³-hybridized carbons (Fsp3) is 0.471. The minimum atomic E-state index is -3.57. The zero-order chi connectivity index (χ0) is 18.6. The van der Waals surface area contributed by atoms with E-state index in [-0.39, 0.29) is 16.4 Å². The summed E-state index contributed by atoms with van der Waals surface area (Å²) < 4.78 is 27.0. The molecule has 0 atom stereocenters. The van der Waals surface area contributed by atoms with Crippen LogP contribution in [-0.4, -0.2) is 41.9 Å². The average Bonchev–Trinajstić information content (AvgIpc) is 3.10. The van der Waals surface area contributed by atoms with Crippen molar-refractivity contribution in [3.63, 3.8) is 0 Å². The Kier molecular flexibility index (Phi) is 6.00. The van der Waals surface area contributed by atoms with Crippen LogP contribution < -0.4 is 5.32 Å². The van der Waals surface area contributed by atoms with Crippen molar-refractivity contribution in [2.75, 3.05) is 18.4 Å². The number of anilines is 1. The number of amides is 1. The van der Waals surface area contributed by atoms with Crippen LogP contribution >= 0.6 is 11.3 Å².